The Morgan fingerprint density at radius 2 is 1.75 bits per heavy atom. The van der Waals surface area contributed by atoms with Gasteiger partial charge in [-0.1, -0.05) is 12.1 Å². The number of rotatable bonds is 3. The highest BCUT2D eigenvalue weighted by atomic mass is 127. The molecule has 0 saturated heterocycles. The van der Waals surface area contributed by atoms with Gasteiger partial charge in [0.1, 0.15) is 0 Å². The van der Waals surface area contributed by atoms with Gasteiger partial charge in [0.15, 0.2) is 0 Å². The van der Waals surface area contributed by atoms with E-state index in [0.29, 0.717) is 0 Å². The average Bonchev–Trinajstić information content (AvgIpc) is 2.41. The van der Waals surface area contributed by atoms with Crippen LogP contribution in [0.5, 0.6) is 0 Å². The summed E-state index contributed by atoms with van der Waals surface area (Å²) in [6.07, 6.45) is 0. The van der Waals surface area contributed by atoms with Crippen molar-refractivity contribution in [1.82, 2.24) is 0 Å². The third-order valence-electron chi connectivity index (χ3n) is 2.87. The van der Waals surface area contributed by atoms with Crippen molar-refractivity contribution in [2.75, 3.05) is 5.32 Å². The van der Waals surface area contributed by atoms with Crippen molar-refractivity contribution in [2.24, 2.45) is 5.73 Å². The van der Waals surface area contributed by atoms with Crippen LogP contribution in [0.1, 0.15) is 26.3 Å². The highest BCUT2D eigenvalue weighted by Gasteiger charge is 2.15. The molecule has 0 atom stereocenters. The number of hydrogen-bond acceptors (Lipinski definition) is 2. The fourth-order valence-corrected chi connectivity index (χ4v) is 2.50. The van der Waals surface area contributed by atoms with Crippen LogP contribution >= 0.6 is 22.6 Å². The van der Waals surface area contributed by atoms with Gasteiger partial charge in [-0.15, -0.1) is 0 Å². The Bertz CT molecular complexity index is 683. The number of hydrogen-bond donors (Lipinski definition) is 2. The van der Waals surface area contributed by atoms with Crippen LogP contribution in [-0.2, 0) is 0 Å². The molecule has 0 aromatic heterocycles. The molecule has 4 nitrogen and oxygen atoms in total. The van der Waals surface area contributed by atoms with Crippen LogP contribution in [0.4, 0.5) is 5.69 Å². The molecule has 2 amide bonds. The second-order valence-corrected chi connectivity index (χ2v) is 5.57. The number of amides is 2. The van der Waals surface area contributed by atoms with Crippen LogP contribution in [0, 0.1) is 10.5 Å². The maximum atomic E-state index is 12.3. The Labute approximate surface area is 130 Å². The van der Waals surface area contributed by atoms with E-state index in [1.807, 2.05) is 25.1 Å². The zero-order valence-corrected chi connectivity index (χ0v) is 13.0. The van der Waals surface area contributed by atoms with Crippen molar-refractivity contribution in [3.8, 4) is 0 Å². The molecule has 0 radical (unpaired) electrons. The smallest absolute Gasteiger partial charge is 0.256 e. The molecule has 20 heavy (non-hydrogen) atoms. The van der Waals surface area contributed by atoms with Crippen LogP contribution in [0.15, 0.2) is 42.5 Å². The summed E-state index contributed by atoms with van der Waals surface area (Å²) in [4.78, 5) is 23.6. The lowest BCUT2D eigenvalue weighted by atomic mass is 10.1. The fourth-order valence-electron chi connectivity index (χ4n) is 1.85. The number of nitrogens with one attached hydrogen (secondary N) is 1. The van der Waals surface area contributed by atoms with E-state index in [-0.39, 0.29) is 17.0 Å². The van der Waals surface area contributed by atoms with E-state index in [9.17, 15) is 9.59 Å². The van der Waals surface area contributed by atoms with Gasteiger partial charge in [0.05, 0.1) is 11.1 Å². The normalized spacial score (nSPS) is 10.1. The molecule has 5 heteroatoms. The number of halogens is 1. The molecule has 102 valence electrons. The van der Waals surface area contributed by atoms with E-state index in [1.54, 1.807) is 18.2 Å². The van der Waals surface area contributed by atoms with Crippen LogP contribution in [-0.4, -0.2) is 11.8 Å². The van der Waals surface area contributed by atoms with Gasteiger partial charge in [0.2, 0.25) is 5.91 Å². The molecule has 0 spiro atoms. The van der Waals surface area contributed by atoms with Gasteiger partial charge >= 0.3 is 0 Å². The lowest BCUT2D eigenvalue weighted by molar-refractivity contribution is 0.0977. The summed E-state index contributed by atoms with van der Waals surface area (Å²) in [5.41, 5.74) is 7.44. The third-order valence-corrected chi connectivity index (χ3v) is 3.54. The minimum absolute atomic E-state index is 0.216. The summed E-state index contributed by atoms with van der Waals surface area (Å²) in [6, 6.07) is 12.2. The monoisotopic (exact) mass is 380 g/mol. The SMILES string of the molecule is Cc1cc(I)ccc1NC(=O)c1ccccc1C(N)=O. The molecular formula is C15H13IN2O2. The minimum atomic E-state index is -0.616. The van der Waals surface area contributed by atoms with Crippen molar-refractivity contribution in [1.29, 1.82) is 0 Å². The summed E-state index contributed by atoms with van der Waals surface area (Å²) in [5, 5.41) is 2.80. The van der Waals surface area contributed by atoms with Crippen molar-refractivity contribution in [3.63, 3.8) is 0 Å². The van der Waals surface area contributed by atoms with E-state index in [2.05, 4.69) is 27.9 Å². The van der Waals surface area contributed by atoms with Crippen molar-refractivity contribution >= 4 is 40.1 Å². The van der Waals surface area contributed by atoms with Crippen LogP contribution in [0.25, 0.3) is 0 Å². The summed E-state index contributed by atoms with van der Waals surface area (Å²) in [7, 11) is 0. The van der Waals surface area contributed by atoms with Gasteiger partial charge in [-0.25, -0.2) is 0 Å². The Balaban J connectivity index is 2.31. The maximum Gasteiger partial charge on any atom is 0.256 e. The van der Waals surface area contributed by atoms with Gasteiger partial charge in [0, 0.05) is 9.26 Å². The van der Waals surface area contributed by atoms with E-state index in [0.717, 1.165) is 14.8 Å². The zero-order valence-electron chi connectivity index (χ0n) is 10.8. The second-order valence-electron chi connectivity index (χ2n) is 4.32. The molecule has 0 aliphatic heterocycles. The molecule has 3 N–H and O–H groups in total. The molecule has 0 bridgehead atoms. The summed E-state index contributed by atoms with van der Waals surface area (Å²) in [5.74, 6) is -0.959. The largest absolute Gasteiger partial charge is 0.366 e. The number of anilines is 1. The molecule has 0 heterocycles. The molecule has 0 aliphatic rings. The second kappa shape index (κ2) is 6.04. The van der Waals surface area contributed by atoms with E-state index in [4.69, 9.17) is 5.73 Å². The lowest BCUT2D eigenvalue weighted by Crippen LogP contribution is -2.20. The first-order valence-electron chi connectivity index (χ1n) is 5.95. The van der Waals surface area contributed by atoms with Gasteiger partial charge in [-0.2, -0.15) is 0 Å². The first kappa shape index (κ1) is 14.5. The van der Waals surface area contributed by atoms with Crippen LogP contribution < -0.4 is 11.1 Å². The van der Waals surface area contributed by atoms with Gasteiger partial charge in [-0.05, 0) is 65.4 Å². The van der Waals surface area contributed by atoms with Crippen molar-refractivity contribution in [2.45, 2.75) is 6.92 Å². The van der Waals surface area contributed by atoms with Crippen molar-refractivity contribution in [3.05, 3.63) is 62.7 Å². The number of aryl methyl sites for hydroxylation is 1. The van der Waals surface area contributed by atoms with E-state index >= 15 is 0 Å². The number of carbonyl (C=O) groups excluding carboxylic acids is 2. The zero-order chi connectivity index (χ0) is 14.7. The number of benzene rings is 2. The molecule has 0 saturated carbocycles. The molecule has 0 unspecified atom stereocenters. The Kier molecular flexibility index (Phi) is 4.39. The van der Waals surface area contributed by atoms with Gasteiger partial charge in [0.25, 0.3) is 5.91 Å². The molecule has 2 aromatic carbocycles. The highest BCUT2D eigenvalue weighted by molar-refractivity contribution is 14.1. The third kappa shape index (κ3) is 3.16. The van der Waals surface area contributed by atoms with Gasteiger partial charge in [-0.3, -0.25) is 9.59 Å². The Morgan fingerprint density at radius 3 is 2.35 bits per heavy atom. The van der Waals surface area contributed by atoms with E-state index < -0.39 is 5.91 Å². The molecule has 2 aromatic rings. The average molecular weight is 380 g/mol. The topological polar surface area (TPSA) is 72.2 Å². The van der Waals surface area contributed by atoms with Crippen LogP contribution in [0.3, 0.4) is 0 Å². The predicted octanol–water partition coefficient (Wildman–Crippen LogP) is 2.95. The lowest BCUT2D eigenvalue weighted by Gasteiger charge is -2.10. The fraction of sp³-hybridized carbons (Fsp3) is 0.0667. The number of nitrogens with two attached hydrogens (primary N) is 1. The van der Waals surface area contributed by atoms with E-state index in [1.165, 1.54) is 6.07 Å². The first-order chi connectivity index (χ1) is 9.49. The summed E-state index contributed by atoms with van der Waals surface area (Å²) >= 11 is 2.21. The highest BCUT2D eigenvalue weighted by Crippen LogP contribution is 2.19. The minimum Gasteiger partial charge on any atom is -0.366 e. The molecule has 0 aliphatic carbocycles. The quantitative estimate of drug-likeness (QED) is 0.804. The summed E-state index contributed by atoms with van der Waals surface area (Å²) in [6.45, 7) is 1.91. The Hall–Kier alpha value is -1.89. The molecule has 2 rings (SSSR count). The number of carbonyl (C=O) groups is 2. The Morgan fingerprint density at radius 1 is 1.10 bits per heavy atom. The number of primary amides is 1. The standard InChI is InChI=1S/C15H13IN2O2/c1-9-8-10(16)6-7-13(9)18-15(20)12-5-3-2-4-11(12)14(17)19/h2-8H,1H3,(H2,17,19)(H,18,20). The van der Waals surface area contributed by atoms with Crippen LogP contribution in [0.2, 0.25) is 0 Å². The molecular weight excluding hydrogens is 367 g/mol. The van der Waals surface area contributed by atoms with Crippen molar-refractivity contribution < 1.29 is 9.59 Å². The predicted molar refractivity (Wildman–Crippen MR) is 86.8 cm³/mol. The maximum absolute atomic E-state index is 12.3. The molecule has 0 fully saturated rings. The van der Waals surface area contributed by atoms with Gasteiger partial charge < -0.3 is 11.1 Å². The summed E-state index contributed by atoms with van der Waals surface area (Å²) < 4.78 is 1.09. The first-order valence-corrected chi connectivity index (χ1v) is 7.03.